The lowest BCUT2D eigenvalue weighted by Gasteiger charge is -2.17. The van der Waals surface area contributed by atoms with Gasteiger partial charge in [-0.1, -0.05) is 19.9 Å². The first-order valence-corrected chi connectivity index (χ1v) is 9.44. The van der Waals surface area contributed by atoms with Crippen molar-refractivity contribution in [2.75, 3.05) is 18.9 Å². The summed E-state index contributed by atoms with van der Waals surface area (Å²) < 4.78 is 26.2. The van der Waals surface area contributed by atoms with Crippen LogP contribution in [0.5, 0.6) is 0 Å². The average molecular weight is 364 g/mol. The normalized spacial score (nSPS) is 12.0. The predicted octanol–water partition coefficient (Wildman–Crippen LogP) is 2.41. The van der Waals surface area contributed by atoms with E-state index in [0.29, 0.717) is 5.82 Å². The van der Waals surface area contributed by atoms with Crippen molar-refractivity contribution in [2.24, 2.45) is 0 Å². The fourth-order valence-corrected chi connectivity index (χ4v) is 3.43. The summed E-state index contributed by atoms with van der Waals surface area (Å²) in [6, 6.07) is 6.66. The Balaban J connectivity index is 2.07. The first-order chi connectivity index (χ1) is 11.6. The molecule has 0 saturated carbocycles. The summed E-state index contributed by atoms with van der Waals surface area (Å²) in [4.78, 5) is 12.3. The molecule has 0 aliphatic rings. The largest absolute Gasteiger partial charge is 0.308 e. The van der Waals surface area contributed by atoms with E-state index in [2.05, 4.69) is 15.5 Å². The van der Waals surface area contributed by atoms with Crippen LogP contribution in [0.25, 0.3) is 0 Å². The van der Waals surface area contributed by atoms with Gasteiger partial charge in [-0.2, -0.15) is 9.40 Å². The topological polar surface area (TPSA) is 95.2 Å². The van der Waals surface area contributed by atoms with E-state index in [1.807, 2.05) is 27.7 Å². The second-order valence-corrected chi connectivity index (χ2v) is 8.46. The molecule has 2 rings (SSSR count). The van der Waals surface area contributed by atoms with Crippen molar-refractivity contribution in [3.05, 3.63) is 41.1 Å². The van der Waals surface area contributed by atoms with Crippen molar-refractivity contribution in [2.45, 2.75) is 38.5 Å². The van der Waals surface area contributed by atoms with Gasteiger partial charge >= 0.3 is 0 Å². The number of carbonyl (C=O) groups excluding carboxylic acids is 1. The minimum Gasteiger partial charge on any atom is -0.308 e. The highest BCUT2D eigenvalue weighted by molar-refractivity contribution is 7.89. The number of amides is 1. The van der Waals surface area contributed by atoms with E-state index >= 15 is 0 Å². The van der Waals surface area contributed by atoms with Crippen LogP contribution in [-0.2, 0) is 14.8 Å². The van der Waals surface area contributed by atoms with E-state index in [1.54, 1.807) is 24.3 Å². The highest BCUT2D eigenvalue weighted by Crippen LogP contribution is 2.18. The molecule has 0 aliphatic heterocycles. The van der Waals surface area contributed by atoms with Gasteiger partial charge in [0.1, 0.15) is 0 Å². The molecule has 1 aromatic carbocycles. The molecule has 1 heterocycles. The van der Waals surface area contributed by atoms with Crippen LogP contribution in [0.2, 0.25) is 0 Å². The number of benzene rings is 1. The Morgan fingerprint density at radius 2 is 1.92 bits per heavy atom. The summed E-state index contributed by atoms with van der Waals surface area (Å²) in [5.74, 6) is 0.188. The van der Waals surface area contributed by atoms with Crippen LogP contribution in [0.15, 0.2) is 29.2 Å². The molecular formula is C17H24N4O3S. The molecule has 0 aliphatic carbocycles. The molecule has 2 N–H and O–H groups in total. The van der Waals surface area contributed by atoms with Crippen LogP contribution >= 0.6 is 0 Å². The smallest absolute Gasteiger partial charge is 0.243 e. The number of H-pyrrole nitrogens is 1. The molecule has 0 fully saturated rings. The summed E-state index contributed by atoms with van der Waals surface area (Å²) in [5, 5.41) is 9.44. The second kappa shape index (κ2) is 7.37. The number of nitrogens with zero attached hydrogens (tertiary/aromatic N) is 2. The standard InChI is InChI=1S/C17H24N4O3S/c1-11(2)15-9-16(20-19-15)18-17(22)10-21(5)25(23,24)14-7-6-12(3)13(4)8-14/h6-9,11H,10H2,1-5H3,(H2,18,19,20,22). The van der Waals surface area contributed by atoms with Crippen molar-refractivity contribution >= 4 is 21.7 Å². The van der Waals surface area contributed by atoms with Crippen LogP contribution in [0.4, 0.5) is 5.82 Å². The van der Waals surface area contributed by atoms with Crippen molar-refractivity contribution in [1.82, 2.24) is 14.5 Å². The highest BCUT2D eigenvalue weighted by atomic mass is 32.2. The molecule has 0 unspecified atom stereocenters. The van der Waals surface area contributed by atoms with E-state index in [1.165, 1.54) is 7.05 Å². The van der Waals surface area contributed by atoms with Gasteiger partial charge in [-0.15, -0.1) is 0 Å². The van der Waals surface area contributed by atoms with E-state index in [0.717, 1.165) is 21.1 Å². The number of nitrogens with one attached hydrogen (secondary N) is 2. The Morgan fingerprint density at radius 1 is 1.24 bits per heavy atom. The number of hydrogen-bond donors (Lipinski definition) is 2. The minimum atomic E-state index is -3.73. The molecule has 0 saturated heterocycles. The molecule has 136 valence electrons. The van der Waals surface area contributed by atoms with Gasteiger partial charge in [-0.25, -0.2) is 8.42 Å². The number of sulfonamides is 1. The first-order valence-electron chi connectivity index (χ1n) is 8.00. The molecule has 0 spiro atoms. The van der Waals surface area contributed by atoms with Crippen molar-refractivity contribution < 1.29 is 13.2 Å². The Bertz CT molecular complexity index is 872. The Morgan fingerprint density at radius 3 is 2.48 bits per heavy atom. The van der Waals surface area contributed by atoms with Gasteiger partial charge in [-0.3, -0.25) is 9.89 Å². The summed E-state index contributed by atoms with van der Waals surface area (Å²) in [6.07, 6.45) is 0. The molecule has 2 aromatic rings. The third-order valence-electron chi connectivity index (χ3n) is 4.04. The van der Waals surface area contributed by atoms with E-state index in [9.17, 15) is 13.2 Å². The molecule has 0 radical (unpaired) electrons. The second-order valence-electron chi connectivity index (χ2n) is 6.42. The zero-order chi connectivity index (χ0) is 18.8. The van der Waals surface area contributed by atoms with Crippen molar-refractivity contribution in [1.29, 1.82) is 0 Å². The number of rotatable bonds is 6. The van der Waals surface area contributed by atoms with Gasteiger partial charge in [0.15, 0.2) is 5.82 Å². The number of aromatic amines is 1. The number of hydrogen-bond acceptors (Lipinski definition) is 4. The maximum Gasteiger partial charge on any atom is 0.243 e. The number of likely N-dealkylation sites (N-methyl/N-ethyl adjacent to an activating group) is 1. The van der Waals surface area contributed by atoms with Crippen LogP contribution in [0, 0.1) is 13.8 Å². The highest BCUT2D eigenvalue weighted by Gasteiger charge is 2.23. The maximum atomic E-state index is 12.6. The summed E-state index contributed by atoms with van der Waals surface area (Å²) in [6.45, 7) is 7.48. The molecule has 7 nitrogen and oxygen atoms in total. The fourth-order valence-electron chi connectivity index (χ4n) is 2.22. The molecule has 8 heteroatoms. The molecule has 0 bridgehead atoms. The Kier molecular flexibility index (Phi) is 5.64. The van der Waals surface area contributed by atoms with Gasteiger partial charge in [0.2, 0.25) is 15.9 Å². The van der Waals surface area contributed by atoms with Crippen molar-refractivity contribution in [3.63, 3.8) is 0 Å². The average Bonchev–Trinajstić information content (AvgIpc) is 2.98. The van der Waals surface area contributed by atoms with Gasteiger partial charge < -0.3 is 5.32 Å². The minimum absolute atomic E-state index is 0.174. The van der Waals surface area contributed by atoms with Gasteiger partial charge in [0.05, 0.1) is 11.4 Å². The van der Waals surface area contributed by atoms with E-state index in [-0.39, 0.29) is 17.4 Å². The van der Waals surface area contributed by atoms with Gasteiger partial charge in [-0.05, 0) is 43.0 Å². The van der Waals surface area contributed by atoms with E-state index in [4.69, 9.17) is 0 Å². The van der Waals surface area contributed by atoms with Gasteiger partial charge in [0.25, 0.3) is 0 Å². The predicted molar refractivity (Wildman–Crippen MR) is 97.0 cm³/mol. The van der Waals surface area contributed by atoms with Gasteiger partial charge in [0, 0.05) is 18.8 Å². The Hall–Kier alpha value is -2.19. The lowest BCUT2D eigenvalue weighted by Crippen LogP contribution is -2.35. The summed E-state index contributed by atoms with van der Waals surface area (Å²) in [7, 11) is -2.35. The quantitative estimate of drug-likeness (QED) is 0.823. The molecule has 1 amide bonds. The third-order valence-corrected chi connectivity index (χ3v) is 5.84. The number of anilines is 1. The lowest BCUT2D eigenvalue weighted by molar-refractivity contribution is -0.116. The molecule has 1 aromatic heterocycles. The zero-order valence-corrected chi connectivity index (χ0v) is 15.9. The molecule has 25 heavy (non-hydrogen) atoms. The lowest BCUT2D eigenvalue weighted by atomic mass is 10.1. The van der Waals surface area contributed by atoms with E-state index < -0.39 is 15.9 Å². The number of carbonyl (C=O) groups is 1. The fraction of sp³-hybridized carbons (Fsp3) is 0.412. The molecular weight excluding hydrogens is 340 g/mol. The van der Waals surface area contributed by atoms with Crippen molar-refractivity contribution in [3.8, 4) is 0 Å². The monoisotopic (exact) mass is 364 g/mol. The Labute approximate surface area is 148 Å². The summed E-state index contributed by atoms with van der Waals surface area (Å²) >= 11 is 0. The third kappa shape index (κ3) is 4.46. The zero-order valence-electron chi connectivity index (χ0n) is 15.1. The number of aromatic nitrogens is 2. The van der Waals surface area contributed by atoms with Crippen LogP contribution in [0.1, 0.15) is 36.6 Å². The maximum absolute atomic E-state index is 12.6. The SMILES string of the molecule is Cc1ccc(S(=O)(=O)N(C)CC(=O)Nc2cc(C(C)C)[nH]n2)cc1C. The van der Waals surface area contributed by atoms with Crippen LogP contribution in [0.3, 0.4) is 0 Å². The summed E-state index contributed by atoms with van der Waals surface area (Å²) in [5.41, 5.74) is 2.79. The number of aryl methyl sites for hydroxylation is 2. The molecule has 0 atom stereocenters. The van der Waals surface area contributed by atoms with Crippen LogP contribution in [-0.4, -0.2) is 42.4 Å². The van der Waals surface area contributed by atoms with Crippen LogP contribution < -0.4 is 5.32 Å². The first kappa shape index (κ1) is 19.1.